The van der Waals surface area contributed by atoms with E-state index in [1.807, 2.05) is 6.92 Å². The average molecular weight is 245 g/mol. The highest BCUT2D eigenvalue weighted by atomic mass is 19.4. The van der Waals surface area contributed by atoms with Crippen LogP contribution in [0, 0.1) is 0 Å². The summed E-state index contributed by atoms with van der Waals surface area (Å²) in [6.45, 7) is 2.42. The number of halogens is 3. The number of hydrogen-bond acceptors (Lipinski definition) is 1. The fourth-order valence-electron chi connectivity index (χ4n) is 1.69. The molecule has 0 spiro atoms. The van der Waals surface area contributed by atoms with Crippen molar-refractivity contribution in [1.29, 1.82) is 0 Å². The molecule has 0 aliphatic carbocycles. The van der Waals surface area contributed by atoms with Crippen molar-refractivity contribution in [2.24, 2.45) is 0 Å². The van der Waals surface area contributed by atoms with Crippen LogP contribution in [0.25, 0.3) is 0 Å². The first-order valence-corrected chi connectivity index (χ1v) is 5.90. The maximum atomic E-state index is 12.9. The van der Waals surface area contributed by atoms with Crippen LogP contribution in [0.2, 0.25) is 0 Å². The van der Waals surface area contributed by atoms with Crippen molar-refractivity contribution < 1.29 is 13.2 Å². The highest BCUT2D eigenvalue weighted by Crippen LogP contribution is 2.32. The summed E-state index contributed by atoms with van der Waals surface area (Å²) in [6.07, 6.45) is -1.51. The van der Waals surface area contributed by atoms with E-state index in [9.17, 15) is 13.2 Å². The lowest BCUT2D eigenvalue weighted by Crippen LogP contribution is -2.34. The van der Waals surface area contributed by atoms with E-state index in [2.05, 4.69) is 5.32 Å². The van der Waals surface area contributed by atoms with Gasteiger partial charge in [-0.05, 0) is 18.5 Å². The Morgan fingerprint density at radius 3 is 2.29 bits per heavy atom. The summed E-state index contributed by atoms with van der Waals surface area (Å²) < 4.78 is 38.6. The summed E-state index contributed by atoms with van der Waals surface area (Å²) in [5, 5.41) is 2.59. The van der Waals surface area contributed by atoms with Crippen LogP contribution in [0.4, 0.5) is 13.2 Å². The van der Waals surface area contributed by atoms with Crippen LogP contribution in [0.5, 0.6) is 0 Å². The largest absolute Gasteiger partial charge is 0.407 e. The minimum atomic E-state index is -4.24. The summed E-state index contributed by atoms with van der Waals surface area (Å²) in [6, 6.07) is 6.42. The standard InChI is InChI=1S/C13H18F3N/c1-2-3-7-10-17-12(13(14,15)16)11-8-5-4-6-9-11/h4-6,8-9,12,17H,2-3,7,10H2,1H3. The van der Waals surface area contributed by atoms with Gasteiger partial charge in [0, 0.05) is 0 Å². The van der Waals surface area contributed by atoms with E-state index in [0.717, 1.165) is 19.3 Å². The van der Waals surface area contributed by atoms with Crippen LogP contribution in [0.15, 0.2) is 30.3 Å². The number of nitrogens with one attached hydrogen (secondary N) is 1. The predicted molar refractivity (Wildman–Crippen MR) is 62.8 cm³/mol. The first kappa shape index (κ1) is 14.0. The second-order valence-corrected chi connectivity index (χ2v) is 4.05. The van der Waals surface area contributed by atoms with Crippen LogP contribution in [0.1, 0.15) is 37.8 Å². The van der Waals surface area contributed by atoms with Crippen LogP contribution in [0.3, 0.4) is 0 Å². The Morgan fingerprint density at radius 1 is 1.12 bits per heavy atom. The fourth-order valence-corrected chi connectivity index (χ4v) is 1.69. The Bertz CT molecular complexity index is 308. The predicted octanol–water partition coefficient (Wildman–Crippen LogP) is 4.07. The zero-order valence-electron chi connectivity index (χ0n) is 9.93. The zero-order valence-corrected chi connectivity index (χ0v) is 9.93. The summed E-state index contributed by atoms with van der Waals surface area (Å²) in [4.78, 5) is 0. The minimum absolute atomic E-state index is 0.275. The van der Waals surface area contributed by atoms with Crippen LogP contribution < -0.4 is 5.32 Å². The quantitative estimate of drug-likeness (QED) is 0.745. The van der Waals surface area contributed by atoms with Gasteiger partial charge in [0.15, 0.2) is 0 Å². The fraction of sp³-hybridized carbons (Fsp3) is 0.538. The molecule has 0 fully saturated rings. The molecule has 0 aromatic heterocycles. The first-order chi connectivity index (χ1) is 8.05. The molecule has 0 bridgehead atoms. The average Bonchev–Trinajstić information content (AvgIpc) is 2.28. The van der Waals surface area contributed by atoms with E-state index in [0.29, 0.717) is 6.54 Å². The molecule has 1 nitrogen and oxygen atoms in total. The van der Waals surface area contributed by atoms with Gasteiger partial charge in [-0.3, -0.25) is 0 Å². The number of unbranched alkanes of at least 4 members (excludes halogenated alkanes) is 2. The van der Waals surface area contributed by atoms with Crippen molar-refractivity contribution in [1.82, 2.24) is 5.32 Å². The Balaban J connectivity index is 2.63. The van der Waals surface area contributed by atoms with Gasteiger partial charge in [0.2, 0.25) is 0 Å². The second-order valence-electron chi connectivity index (χ2n) is 4.05. The third-order valence-corrected chi connectivity index (χ3v) is 2.59. The van der Waals surface area contributed by atoms with Crippen LogP contribution in [-0.4, -0.2) is 12.7 Å². The van der Waals surface area contributed by atoms with Crippen molar-refractivity contribution in [2.45, 2.75) is 38.4 Å². The summed E-state index contributed by atoms with van der Waals surface area (Å²) >= 11 is 0. The number of alkyl halides is 3. The topological polar surface area (TPSA) is 12.0 Å². The molecule has 0 heterocycles. The molecule has 1 unspecified atom stereocenters. The molecule has 1 aromatic carbocycles. The molecular formula is C13H18F3N. The Morgan fingerprint density at radius 2 is 1.76 bits per heavy atom. The van der Waals surface area contributed by atoms with Crippen molar-refractivity contribution in [3.8, 4) is 0 Å². The molecule has 0 aliphatic rings. The molecule has 4 heteroatoms. The van der Waals surface area contributed by atoms with E-state index in [4.69, 9.17) is 0 Å². The molecule has 1 aromatic rings. The minimum Gasteiger partial charge on any atom is -0.302 e. The monoisotopic (exact) mass is 245 g/mol. The molecular weight excluding hydrogens is 227 g/mol. The number of benzene rings is 1. The molecule has 0 radical (unpaired) electrons. The normalized spacial score (nSPS) is 13.6. The highest BCUT2D eigenvalue weighted by Gasteiger charge is 2.40. The summed E-state index contributed by atoms with van der Waals surface area (Å²) in [5.74, 6) is 0. The van der Waals surface area contributed by atoms with Crippen LogP contribution in [-0.2, 0) is 0 Å². The van der Waals surface area contributed by atoms with Crippen molar-refractivity contribution in [2.75, 3.05) is 6.54 Å². The Hall–Kier alpha value is -1.03. The van der Waals surface area contributed by atoms with Crippen LogP contribution >= 0.6 is 0 Å². The van der Waals surface area contributed by atoms with E-state index in [1.54, 1.807) is 18.2 Å². The Kier molecular flexibility index (Phi) is 5.48. The van der Waals surface area contributed by atoms with E-state index in [-0.39, 0.29) is 5.56 Å². The third-order valence-electron chi connectivity index (χ3n) is 2.59. The van der Waals surface area contributed by atoms with Crippen molar-refractivity contribution >= 4 is 0 Å². The third kappa shape index (κ3) is 4.77. The summed E-state index contributed by atoms with van der Waals surface area (Å²) in [5.41, 5.74) is 0.275. The maximum Gasteiger partial charge on any atom is 0.407 e. The van der Waals surface area contributed by atoms with E-state index < -0.39 is 12.2 Å². The van der Waals surface area contributed by atoms with Gasteiger partial charge in [0.05, 0.1) is 0 Å². The van der Waals surface area contributed by atoms with Gasteiger partial charge in [-0.1, -0.05) is 50.1 Å². The van der Waals surface area contributed by atoms with Gasteiger partial charge in [0.25, 0.3) is 0 Å². The molecule has 0 saturated carbocycles. The lowest BCUT2D eigenvalue weighted by atomic mass is 10.1. The zero-order chi connectivity index (χ0) is 12.7. The Labute approximate surface area is 100 Å². The molecule has 0 saturated heterocycles. The molecule has 1 rings (SSSR count). The molecule has 1 N–H and O–H groups in total. The van der Waals surface area contributed by atoms with E-state index >= 15 is 0 Å². The lowest BCUT2D eigenvalue weighted by molar-refractivity contribution is -0.157. The van der Waals surface area contributed by atoms with Gasteiger partial charge in [-0.2, -0.15) is 13.2 Å². The molecule has 0 amide bonds. The van der Waals surface area contributed by atoms with Gasteiger partial charge in [-0.25, -0.2) is 0 Å². The molecule has 0 aliphatic heterocycles. The van der Waals surface area contributed by atoms with E-state index in [1.165, 1.54) is 12.1 Å². The highest BCUT2D eigenvalue weighted by molar-refractivity contribution is 5.20. The van der Waals surface area contributed by atoms with Gasteiger partial charge >= 0.3 is 6.18 Å². The molecule has 17 heavy (non-hydrogen) atoms. The molecule has 1 atom stereocenters. The van der Waals surface area contributed by atoms with Crippen molar-refractivity contribution in [3.05, 3.63) is 35.9 Å². The lowest BCUT2D eigenvalue weighted by Gasteiger charge is -2.22. The summed E-state index contributed by atoms with van der Waals surface area (Å²) in [7, 11) is 0. The molecule has 96 valence electrons. The van der Waals surface area contributed by atoms with Crippen molar-refractivity contribution in [3.63, 3.8) is 0 Å². The van der Waals surface area contributed by atoms with Gasteiger partial charge < -0.3 is 5.32 Å². The number of hydrogen-bond donors (Lipinski definition) is 1. The second kappa shape index (κ2) is 6.64. The number of rotatable bonds is 6. The maximum absolute atomic E-state index is 12.9. The van der Waals surface area contributed by atoms with Gasteiger partial charge in [-0.15, -0.1) is 0 Å². The first-order valence-electron chi connectivity index (χ1n) is 5.90. The smallest absolute Gasteiger partial charge is 0.302 e. The van der Waals surface area contributed by atoms with Gasteiger partial charge in [0.1, 0.15) is 6.04 Å². The SMILES string of the molecule is CCCCCNC(c1ccccc1)C(F)(F)F.